The van der Waals surface area contributed by atoms with Crippen LogP contribution in [0, 0.1) is 0 Å². The molecule has 1 saturated carbocycles. The number of carbonyl (C=O) groups excluding carboxylic acids is 1. The molecule has 1 heterocycles. The largest absolute Gasteiger partial charge is 0.488 e. The van der Waals surface area contributed by atoms with Crippen LogP contribution in [-0.2, 0) is 11.2 Å². The summed E-state index contributed by atoms with van der Waals surface area (Å²) in [6.07, 6.45) is 6.45. The number of aliphatic carboxylic acids is 1. The van der Waals surface area contributed by atoms with Crippen molar-refractivity contribution in [3.05, 3.63) is 53.7 Å². The van der Waals surface area contributed by atoms with Gasteiger partial charge in [-0.2, -0.15) is 0 Å². The lowest BCUT2D eigenvalue weighted by atomic mass is 9.90. The maximum absolute atomic E-state index is 12.9. The maximum atomic E-state index is 12.9. The fourth-order valence-corrected chi connectivity index (χ4v) is 3.75. The Morgan fingerprint density at radius 3 is 2.47 bits per heavy atom. The fraction of sp³-hybridized carbons (Fsp3) is 0.435. The van der Waals surface area contributed by atoms with Gasteiger partial charge in [-0.25, -0.2) is 9.78 Å². The Morgan fingerprint density at radius 1 is 1.13 bits per heavy atom. The molecule has 0 saturated heterocycles. The summed E-state index contributed by atoms with van der Waals surface area (Å²) in [4.78, 5) is 29.0. The summed E-state index contributed by atoms with van der Waals surface area (Å²) in [5, 5.41) is 12.6. The number of carboxylic acid groups (broad SMARTS) is 1. The number of aromatic nitrogens is 1. The molecule has 1 aromatic carbocycles. The monoisotopic (exact) mass is 412 g/mol. The van der Waals surface area contributed by atoms with Crippen LogP contribution in [0.2, 0.25) is 0 Å². The Balaban J connectivity index is 1.72. The number of amides is 1. The maximum Gasteiger partial charge on any atom is 0.329 e. The van der Waals surface area contributed by atoms with E-state index in [4.69, 9.17) is 9.47 Å². The van der Waals surface area contributed by atoms with E-state index in [-0.39, 0.29) is 11.4 Å². The van der Waals surface area contributed by atoms with Gasteiger partial charge in [0.15, 0.2) is 5.75 Å². The van der Waals surface area contributed by atoms with Crippen LogP contribution in [-0.4, -0.2) is 41.2 Å². The average molecular weight is 412 g/mol. The number of hydrogen-bond donors (Lipinski definition) is 2. The Labute approximate surface area is 176 Å². The van der Waals surface area contributed by atoms with Crippen LogP contribution in [0.15, 0.2) is 42.6 Å². The van der Waals surface area contributed by atoms with Crippen LogP contribution in [0.4, 0.5) is 0 Å². The highest BCUT2D eigenvalue weighted by Gasteiger charge is 2.40. The summed E-state index contributed by atoms with van der Waals surface area (Å²) >= 11 is 0. The topological polar surface area (TPSA) is 97.8 Å². The van der Waals surface area contributed by atoms with Gasteiger partial charge >= 0.3 is 5.97 Å². The number of rotatable bonds is 8. The Kier molecular flexibility index (Phi) is 7.27. The minimum Gasteiger partial charge on any atom is -0.488 e. The van der Waals surface area contributed by atoms with Crippen molar-refractivity contribution in [1.82, 2.24) is 10.3 Å². The highest BCUT2D eigenvalue weighted by Crippen LogP contribution is 2.29. The quantitative estimate of drug-likeness (QED) is 0.643. The first-order valence-electron chi connectivity index (χ1n) is 10.3. The Bertz CT molecular complexity index is 861. The van der Waals surface area contributed by atoms with Gasteiger partial charge in [0.1, 0.15) is 5.54 Å². The molecule has 0 spiro atoms. The third kappa shape index (κ3) is 5.28. The van der Waals surface area contributed by atoms with E-state index in [0.717, 1.165) is 31.2 Å². The summed E-state index contributed by atoms with van der Waals surface area (Å²) in [6, 6.07) is 11.5. The second kappa shape index (κ2) is 10.1. The molecule has 1 aromatic heterocycles. The molecule has 1 fully saturated rings. The lowest BCUT2D eigenvalue weighted by molar-refractivity contribution is -0.145. The summed E-state index contributed by atoms with van der Waals surface area (Å²) in [5.41, 5.74) is 0.146. The first kappa shape index (κ1) is 21.6. The van der Waals surface area contributed by atoms with E-state index in [2.05, 4.69) is 10.3 Å². The number of carbonyl (C=O) groups is 2. The van der Waals surface area contributed by atoms with Crippen LogP contribution in [0.25, 0.3) is 0 Å². The fourth-order valence-electron chi connectivity index (χ4n) is 3.75. The van der Waals surface area contributed by atoms with Gasteiger partial charge in [-0.15, -0.1) is 0 Å². The van der Waals surface area contributed by atoms with Crippen molar-refractivity contribution in [2.75, 3.05) is 13.7 Å². The van der Waals surface area contributed by atoms with Crippen molar-refractivity contribution < 1.29 is 24.2 Å². The zero-order valence-electron chi connectivity index (χ0n) is 17.2. The van der Waals surface area contributed by atoms with E-state index in [1.165, 1.54) is 13.3 Å². The summed E-state index contributed by atoms with van der Waals surface area (Å²) in [7, 11) is 1.48. The first-order chi connectivity index (χ1) is 14.5. The number of ether oxygens (including phenoxy) is 2. The molecule has 2 N–H and O–H groups in total. The van der Waals surface area contributed by atoms with E-state index in [0.29, 0.717) is 31.6 Å². The lowest BCUT2D eigenvalue weighted by Gasteiger charge is -2.29. The third-order valence-corrected chi connectivity index (χ3v) is 5.48. The molecule has 7 heteroatoms. The molecule has 7 nitrogen and oxygen atoms in total. The van der Waals surface area contributed by atoms with Gasteiger partial charge in [0.2, 0.25) is 0 Å². The molecule has 0 aliphatic heterocycles. The van der Waals surface area contributed by atoms with Crippen LogP contribution >= 0.6 is 0 Å². The molecule has 0 atom stereocenters. The van der Waals surface area contributed by atoms with Gasteiger partial charge in [0, 0.05) is 18.7 Å². The predicted octanol–water partition coefficient (Wildman–Crippen LogP) is 3.62. The molecular weight excluding hydrogens is 384 g/mol. The second-order valence-corrected chi connectivity index (χ2v) is 7.57. The lowest BCUT2D eigenvalue weighted by Crippen LogP contribution is -2.54. The first-order valence-corrected chi connectivity index (χ1v) is 10.3. The van der Waals surface area contributed by atoms with Crippen molar-refractivity contribution in [3.8, 4) is 11.6 Å². The van der Waals surface area contributed by atoms with Crippen molar-refractivity contribution in [3.63, 3.8) is 0 Å². The Hall–Kier alpha value is -3.09. The molecular formula is C23H28N2O5. The SMILES string of the molecule is COc1ncc(C(=O)NC2(C(=O)O)CCCCCC2)cc1OCCc1ccccc1. The van der Waals surface area contributed by atoms with E-state index in [1.807, 2.05) is 30.3 Å². The summed E-state index contributed by atoms with van der Waals surface area (Å²) in [5.74, 6) is -0.825. The van der Waals surface area contributed by atoms with Crippen molar-refractivity contribution >= 4 is 11.9 Å². The Morgan fingerprint density at radius 2 is 1.83 bits per heavy atom. The summed E-state index contributed by atoms with van der Waals surface area (Å²) < 4.78 is 11.1. The molecule has 3 rings (SSSR count). The normalized spacial score (nSPS) is 15.6. The third-order valence-electron chi connectivity index (χ3n) is 5.48. The number of nitrogens with zero attached hydrogens (tertiary/aromatic N) is 1. The molecule has 2 aromatic rings. The number of pyridine rings is 1. The van der Waals surface area contributed by atoms with Gasteiger partial charge in [0.25, 0.3) is 11.8 Å². The predicted molar refractivity (Wildman–Crippen MR) is 112 cm³/mol. The van der Waals surface area contributed by atoms with Crippen LogP contribution in [0.3, 0.4) is 0 Å². The minimum atomic E-state index is -1.23. The molecule has 160 valence electrons. The van der Waals surface area contributed by atoms with Gasteiger partial charge in [-0.05, 0) is 18.4 Å². The second-order valence-electron chi connectivity index (χ2n) is 7.57. The number of hydrogen-bond acceptors (Lipinski definition) is 5. The molecule has 0 radical (unpaired) electrons. The molecule has 0 unspecified atom stereocenters. The number of nitrogens with one attached hydrogen (secondary N) is 1. The molecule has 30 heavy (non-hydrogen) atoms. The highest BCUT2D eigenvalue weighted by atomic mass is 16.5. The molecule has 1 amide bonds. The molecule has 1 aliphatic carbocycles. The smallest absolute Gasteiger partial charge is 0.329 e. The zero-order valence-corrected chi connectivity index (χ0v) is 17.2. The van der Waals surface area contributed by atoms with Crippen LogP contribution < -0.4 is 14.8 Å². The number of methoxy groups -OCH3 is 1. The van der Waals surface area contributed by atoms with Crippen molar-refractivity contribution in [2.24, 2.45) is 0 Å². The number of benzene rings is 1. The number of carboxylic acids is 1. The molecule has 1 aliphatic rings. The van der Waals surface area contributed by atoms with E-state index >= 15 is 0 Å². The standard InChI is InChI=1S/C23H28N2O5/c1-29-21-19(30-14-11-17-9-5-4-6-10-17)15-18(16-24-21)20(26)25-23(22(27)28)12-7-2-3-8-13-23/h4-6,9-10,15-16H,2-3,7-8,11-14H2,1H3,(H,25,26)(H,27,28). The van der Waals surface area contributed by atoms with Crippen molar-refractivity contribution in [2.45, 2.75) is 50.5 Å². The average Bonchev–Trinajstić information content (AvgIpc) is 3.01. The molecule has 0 bridgehead atoms. The van der Waals surface area contributed by atoms with Gasteiger partial charge in [-0.1, -0.05) is 56.0 Å². The highest BCUT2D eigenvalue weighted by molar-refractivity contribution is 5.98. The summed E-state index contributed by atoms with van der Waals surface area (Å²) in [6.45, 7) is 0.395. The van der Waals surface area contributed by atoms with E-state index < -0.39 is 17.4 Å². The van der Waals surface area contributed by atoms with Crippen LogP contribution in [0.1, 0.15) is 54.4 Å². The van der Waals surface area contributed by atoms with Gasteiger partial charge in [-0.3, -0.25) is 4.79 Å². The van der Waals surface area contributed by atoms with E-state index in [1.54, 1.807) is 6.07 Å². The zero-order chi connectivity index (χ0) is 21.4. The van der Waals surface area contributed by atoms with Gasteiger partial charge < -0.3 is 19.9 Å². The van der Waals surface area contributed by atoms with Crippen LogP contribution in [0.5, 0.6) is 11.6 Å². The van der Waals surface area contributed by atoms with Gasteiger partial charge in [0.05, 0.1) is 19.3 Å². The van der Waals surface area contributed by atoms with E-state index in [9.17, 15) is 14.7 Å². The van der Waals surface area contributed by atoms with Crippen molar-refractivity contribution in [1.29, 1.82) is 0 Å². The minimum absolute atomic E-state index is 0.246.